The summed E-state index contributed by atoms with van der Waals surface area (Å²) >= 11 is 0. The minimum atomic E-state index is 0.450. The van der Waals surface area contributed by atoms with Gasteiger partial charge in [-0.25, -0.2) is 4.98 Å². The molecule has 1 aliphatic rings. The van der Waals surface area contributed by atoms with E-state index in [0.29, 0.717) is 5.92 Å². The molecule has 3 nitrogen and oxygen atoms in total. The van der Waals surface area contributed by atoms with E-state index in [1.165, 1.54) is 17.0 Å². The molecule has 0 radical (unpaired) electrons. The summed E-state index contributed by atoms with van der Waals surface area (Å²) < 4.78 is 7.56. The highest BCUT2D eigenvalue weighted by Gasteiger charge is 2.24. The van der Waals surface area contributed by atoms with E-state index in [4.69, 9.17) is 4.74 Å². The van der Waals surface area contributed by atoms with Crippen molar-refractivity contribution in [2.24, 2.45) is 7.05 Å². The van der Waals surface area contributed by atoms with Crippen molar-refractivity contribution in [1.29, 1.82) is 0 Å². The Labute approximate surface area is 101 Å². The summed E-state index contributed by atoms with van der Waals surface area (Å²) in [7, 11) is 2.05. The first-order chi connectivity index (χ1) is 8.36. The summed E-state index contributed by atoms with van der Waals surface area (Å²) in [5.41, 5.74) is 3.63. The predicted octanol–water partition coefficient (Wildman–Crippen LogP) is 2.59. The zero-order valence-corrected chi connectivity index (χ0v) is 9.97. The molecular weight excluding hydrogens is 212 g/mol. The molecule has 1 fully saturated rings. The van der Waals surface area contributed by atoms with Crippen LogP contribution >= 0.6 is 0 Å². The van der Waals surface area contributed by atoms with Crippen LogP contribution < -0.4 is 0 Å². The first kappa shape index (κ1) is 10.5. The van der Waals surface area contributed by atoms with Crippen molar-refractivity contribution in [3.05, 3.63) is 42.4 Å². The molecule has 1 aromatic heterocycles. The van der Waals surface area contributed by atoms with Crippen LogP contribution in [-0.4, -0.2) is 22.8 Å². The number of imidazole rings is 1. The van der Waals surface area contributed by atoms with Gasteiger partial charge in [-0.2, -0.15) is 0 Å². The Hall–Kier alpha value is -1.61. The Morgan fingerprint density at radius 1 is 1.29 bits per heavy atom. The third-order valence-corrected chi connectivity index (χ3v) is 3.33. The van der Waals surface area contributed by atoms with Crippen LogP contribution in [0.1, 0.15) is 18.0 Å². The lowest BCUT2D eigenvalue weighted by Gasteiger charge is -2.10. The van der Waals surface area contributed by atoms with Gasteiger partial charge in [-0.3, -0.25) is 0 Å². The molecule has 0 spiro atoms. The van der Waals surface area contributed by atoms with Crippen molar-refractivity contribution in [2.75, 3.05) is 13.2 Å². The lowest BCUT2D eigenvalue weighted by atomic mass is 9.99. The van der Waals surface area contributed by atoms with Crippen molar-refractivity contribution in [3.8, 4) is 11.3 Å². The molecule has 0 bridgehead atoms. The van der Waals surface area contributed by atoms with E-state index in [0.717, 1.165) is 19.6 Å². The molecule has 3 heteroatoms. The number of hydrogen-bond acceptors (Lipinski definition) is 2. The summed E-state index contributed by atoms with van der Waals surface area (Å²) in [4.78, 5) is 4.56. The van der Waals surface area contributed by atoms with Gasteiger partial charge in [0.1, 0.15) is 0 Å². The summed E-state index contributed by atoms with van der Waals surface area (Å²) in [6.07, 6.45) is 2.98. The number of benzene rings is 1. The Morgan fingerprint density at radius 3 is 2.82 bits per heavy atom. The van der Waals surface area contributed by atoms with Gasteiger partial charge in [0.05, 0.1) is 24.3 Å². The normalized spacial score (nSPS) is 19.7. The van der Waals surface area contributed by atoms with Crippen molar-refractivity contribution in [1.82, 2.24) is 9.55 Å². The smallest absolute Gasteiger partial charge is 0.0951 e. The molecule has 1 unspecified atom stereocenters. The first-order valence-corrected chi connectivity index (χ1v) is 6.00. The van der Waals surface area contributed by atoms with Crippen LogP contribution in [0.3, 0.4) is 0 Å². The first-order valence-electron chi connectivity index (χ1n) is 6.00. The molecule has 2 aromatic rings. The van der Waals surface area contributed by atoms with Crippen LogP contribution in [0.25, 0.3) is 11.3 Å². The van der Waals surface area contributed by atoms with Crippen LogP contribution in [0.2, 0.25) is 0 Å². The number of ether oxygens (including phenoxy) is 1. The maximum absolute atomic E-state index is 5.46. The summed E-state index contributed by atoms with van der Waals surface area (Å²) in [6, 6.07) is 10.4. The molecule has 2 heterocycles. The minimum absolute atomic E-state index is 0.450. The van der Waals surface area contributed by atoms with E-state index >= 15 is 0 Å². The molecule has 0 N–H and O–H groups in total. The SMILES string of the molecule is Cn1cnc(C2CCOC2)c1-c1ccccc1. The monoisotopic (exact) mass is 228 g/mol. The number of aromatic nitrogens is 2. The van der Waals surface area contributed by atoms with Gasteiger partial charge in [0.15, 0.2) is 0 Å². The molecule has 1 aromatic carbocycles. The van der Waals surface area contributed by atoms with Gasteiger partial charge in [-0.15, -0.1) is 0 Å². The number of hydrogen-bond donors (Lipinski definition) is 0. The molecule has 1 saturated heterocycles. The van der Waals surface area contributed by atoms with Gasteiger partial charge >= 0.3 is 0 Å². The molecule has 1 atom stereocenters. The standard InChI is InChI=1S/C14H16N2O/c1-16-10-15-13(12-7-8-17-9-12)14(16)11-5-3-2-4-6-11/h2-6,10,12H,7-9H2,1H3. The fraction of sp³-hybridized carbons (Fsp3) is 0.357. The molecule has 0 aliphatic carbocycles. The lowest BCUT2D eigenvalue weighted by Crippen LogP contribution is -2.01. The van der Waals surface area contributed by atoms with E-state index < -0.39 is 0 Å². The predicted molar refractivity (Wildman–Crippen MR) is 66.8 cm³/mol. The van der Waals surface area contributed by atoms with Gasteiger partial charge < -0.3 is 9.30 Å². The average molecular weight is 228 g/mol. The number of rotatable bonds is 2. The van der Waals surface area contributed by atoms with Crippen molar-refractivity contribution in [3.63, 3.8) is 0 Å². The second-order valence-electron chi connectivity index (χ2n) is 4.52. The zero-order valence-electron chi connectivity index (χ0n) is 9.97. The quantitative estimate of drug-likeness (QED) is 0.790. The fourth-order valence-electron chi connectivity index (χ4n) is 2.44. The van der Waals surface area contributed by atoms with E-state index in [1.54, 1.807) is 0 Å². The highest BCUT2D eigenvalue weighted by Crippen LogP contribution is 2.32. The zero-order chi connectivity index (χ0) is 11.7. The highest BCUT2D eigenvalue weighted by atomic mass is 16.5. The number of nitrogens with zero attached hydrogens (tertiary/aromatic N) is 2. The summed E-state index contributed by atoms with van der Waals surface area (Å²) in [6.45, 7) is 1.66. The van der Waals surface area contributed by atoms with Gasteiger partial charge in [-0.05, 0) is 6.42 Å². The molecule has 88 valence electrons. The van der Waals surface area contributed by atoms with E-state index in [2.05, 4.69) is 40.9 Å². The molecule has 1 aliphatic heterocycles. The summed E-state index contributed by atoms with van der Waals surface area (Å²) in [5.74, 6) is 0.450. The van der Waals surface area contributed by atoms with Gasteiger partial charge in [0.2, 0.25) is 0 Å². The molecule has 3 rings (SSSR count). The Kier molecular flexibility index (Phi) is 2.69. The van der Waals surface area contributed by atoms with Crippen molar-refractivity contribution in [2.45, 2.75) is 12.3 Å². The minimum Gasteiger partial charge on any atom is -0.381 e. The van der Waals surface area contributed by atoms with Gasteiger partial charge in [0, 0.05) is 25.1 Å². The lowest BCUT2D eigenvalue weighted by molar-refractivity contribution is 0.193. The largest absolute Gasteiger partial charge is 0.381 e. The second-order valence-corrected chi connectivity index (χ2v) is 4.52. The average Bonchev–Trinajstić information content (AvgIpc) is 2.98. The third kappa shape index (κ3) is 1.87. The fourth-order valence-corrected chi connectivity index (χ4v) is 2.44. The Bertz CT molecular complexity index is 498. The van der Waals surface area contributed by atoms with Crippen molar-refractivity contribution >= 4 is 0 Å². The van der Waals surface area contributed by atoms with Crippen LogP contribution in [0.5, 0.6) is 0 Å². The van der Waals surface area contributed by atoms with Crippen LogP contribution in [-0.2, 0) is 11.8 Å². The van der Waals surface area contributed by atoms with Crippen molar-refractivity contribution < 1.29 is 4.74 Å². The number of aryl methyl sites for hydroxylation is 1. The van der Waals surface area contributed by atoms with E-state index in [1.807, 2.05) is 12.4 Å². The Morgan fingerprint density at radius 2 is 2.12 bits per heavy atom. The topological polar surface area (TPSA) is 27.1 Å². The molecule has 0 amide bonds. The van der Waals surface area contributed by atoms with Crippen LogP contribution in [0.4, 0.5) is 0 Å². The van der Waals surface area contributed by atoms with E-state index in [9.17, 15) is 0 Å². The molecular formula is C14H16N2O. The second kappa shape index (κ2) is 4.34. The maximum atomic E-state index is 5.46. The Balaban J connectivity index is 2.06. The van der Waals surface area contributed by atoms with Crippen LogP contribution in [0, 0.1) is 0 Å². The summed E-state index contributed by atoms with van der Waals surface area (Å²) in [5, 5.41) is 0. The van der Waals surface area contributed by atoms with Gasteiger partial charge in [0.25, 0.3) is 0 Å². The highest BCUT2D eigenvalue weighted by molar-refractivity contribution is 5.63. The maximum Gasteiger partial charge on any atom is 0.0951 e. The van der Waals surface area contributed by atoms with E-state index in [-0.39, 0.29) is 0 Å². The van der Waals surface area contributed by atoms with Gasteiger partial charge in [-0.1, -0.05) is 30.3 Å². The van der Waals surface area contributed by atoms with Crippen LogP contribution in [0.15, 0.2) is 36.7 Å². The molecule has 0 saturated carbocycles. The third-order valence-electron chi connectivity index (χ3n) is 3.33. The molecule has 17 heavy (non-hydrogen) atoms.